The zero-order valence-corrected chi connectivity index (χ0v) is 11.1. The molecule has 112 valence electrons. The van der Waals surface area contributed by atoms with Gasteiger partial charge in [0.25, 0.3) is 11.6 Å². The van der Waals surface area contributed by atoms with E-state index in [1.807, 2.05) is 5.32 Å². The number of nitrogens with zero attached hydrogens (tertiary/aromatic N) is 1. The Kier molecular flexibility index (Phi) is 5.80. The molecule has 0 fully saturated rings. The molecule has 0 saturated carbocycles. The van der Waals surface area contributed by atoms with Gasteiger partial charge in [-0.3, -0.25) is 20.2 Å². The summed E-state index contributed by atoms with van der Waals surface area (Å²) in [4.78, 5) is 44.0. The van der Waals surface area contributed by atoms with Gasteiger partial charge in [0.2, 0.25) is 0 Å². The van der Waals surface area contributed by atoms with E-state index >= 15 is 0 Å². The van der Waals surface area contributed by atoms with E-state index in [9.17, 15) is 24.5 Å². The number of nitro groups is 1. The number of amides is 3. The molecule has 0 radical (unpaired) electrons. The Morgan fingerprint density at radius 3 is 2.57 bits per heavy atom. The fraction of sp³-hybridized carbons (Fsp3) is 0.250. The van der Waals surface area contributed by atoms with Crippen LogP contribution in [-0.2, 0) is 9.53 Å². The summed E-state index contributed by atoms with van der Waals surface area (Å²) in [6, 6.07) is 4.46. The first-order chi connectivity index (χ1) is 9.95. The highest BCUT2D eigenvalue weighted by Crippen LogP contribution is 2.18. The van der Waals surface area contributed by atoms with E-state index in [1.165, 1.54) is 18.2 Å². The Morgan fingerprint density at radius 2 is 1.95 bits per heavy atom. The van der Waals surface area contributed by atoms with Crippen molar-refractivity contribution in [3.8, 4) is 0 Å². The number of nitro benzene ring substituents is 1. The van der Waals surface area contributed by atoms with Crippen molar-refractivity contribution in [3.05, 3.63) is 39.9 Å². The van der Waals surface area contributed by atoms with Crippen LogP contribution in [0.2, 0.25) is 0 Å². The SMILES string of the molecule is CCNC(=O)NC(=O)COC(=O)c1ccccc1[N+](=O)[O-]. The number of imide groups is 1. The molecule has 1 rings (SSSR count). The summed E-state index contributed by atoms with van der Waals surface area (Å²) in [5.74, 6) is -1.86. The van der Waals surface area contributed by atoms with Crippen LogP contribution in [0.15, 0.2) is 24.3 Å². The van der Waals surface area contributed by atoms with Crippen LogP contribution < -0.4 is 10.6 Å². The second kappa shape index (κ2) is 7.58. The summed E-state index contributed by atoms with van der Waals surface area (Å²) < 4.78 is 4.62. The standard InChI is InChI=1S/C12H13N3O6/c1-2-13-12(18)14-10(16)7-21-11(17)8-5-3-4-6-9(8)15(19)20/h3-6H,2,7H2,1H3,(H2,13,14,16,18). The summed E-state index contributed by atoms with van der Waals surface area (Å²) in [7, 11) is 0. The molecule has 9 heteroatoms. The van der Waals surface area contributed by atoms with Gasteiger partial charge < -0.3 is 10.1 Å². The van der Waals surface area contributed by atoms with E-state index in [4.69, 9.17) is 0 Å². The van der Waals surface area contributed by atoms with Crippen molar-refractivity contribution in [1.29, 1.82) is 0 Å². The fourth-order valence-corrected chi connectivity index (χ4v) is 1.38. The highest BCUT2D eigenvalue weighted by atomic mass is 16.6. The number of ether oxygens (including phenoxy) is 1. The molecular formula is C12H13N3O6. The van der Waals surface area contributed by atoms with Gasteiger partial charge in [-0.1, -0.05) is 12.1 Å². The first-order valence-corrected chi connectivity index (χ1v) is 5.94. The Balaban J connectivity index is 2.60. The molecule has 0 atom stereocenters. The van der Waals surface area contributed by atoms with Crippen molar-refractivity contribution < 1.29 is 24.0 Å². The topological polar surface area (TPSA) is 128 Å². The van der Waals surface area contributed by atoms with E-state index in [1.54, 1.807) is 6.92 Å². The van der Waals surface area contributed by atoms with Crippen LogP contribution in [0, 0.1) is 10.1 Å². The molecule has 1 aromatic carbocycles. The number of urea groups is 1. The maximum absolute atomic E-state index is 11.7. The van der Waals surface area contributed by atoms with E-state index in [-0.39, 0.29) is 5.56 Å². The zero-order valence-electron chi connectivity index (χ0n) is 11.1. The lowest BCUT2D eigenvalue weighted by Gasteiger charge is -2.06. The Hall–Kier alpha value is -2.97. The largest absolute Gasteiger partial charge is 0.452 e. The van der Waals surface area contributed by atoms with Gasteiger partial charge in [-0.2, -0.15) is 0 Å². The van der Waals surface area contributed by atoms with Gasteiger partial charge >= 0.3 is 12.0 Å². The van der Waals surface area contributed by atoms with E-state index in [2.05, 4.69) is 10.1 Å². The van der Waals surface area contributed by atoms with Crippen molar-refractivity contribution >= 4 is 23.6 Å². The molecule has 0 saturated heterocycles. The lowest BCUT2D eigenvalue weighted by molar-refractivity contribution is -0.385. The molecule has 9 nitrogen and oxygen atoms in total. The van der Waals surface area contributed by atoms with Gasteiger partial charge in [0.1, 0.15) is 5.56 Å². The summed E-state index contributed by atoms with van der Waals surface area (Å²) in [6.45, 7) is 1.27. The van der Waals surface area contributed by atoms with Crippen molar-refractivity contribution in [2.75, 3.05) is 13.2 Å². The molecule has 0 aromatic heterocycles. The van der Waals surface area contributed by atoms with Crippen molar-refractivity contribution in [1.82, 2.24) is 10.6 Å². The monoisotopic (exact) mass is 295 g/mol. The normalized spacial score (nSPS) is 9.57. The number of rotatable bonds is 5. The fourth-order valence-electron chi connectivity index (χ4n) is 1.38. The smallest absolute Gasteiger partial charge is 0.345 e. The van der Waals surface area contributed by atoms with Crippen LogP contribution in [-0.4, -0.2) is 36.0 Å². The average Bonchev–Trinajstić information content (AvgIpc) is 2.44. The van der Waals surface area contributed by atoms with Crippen molar-refractivity contribution in [2.24, 2.45) is 0 Å². The maximum Gasteiger partial charge on any atom is 0.345 e. The predicted molar refractivity (Wildman–Crippen MR) is 70.6 cm³/mol. The van der Waals surface area contributed by atoms with Crippen molar-refractivity contribution in [3.63, 3.8) is 0 Å². The second-order valence-corrected chi connectivity index (χ2v) is 3.76. The summed E-state index contributed by atoms with van der Waals surface area (Å²) in [5, 5.41) is 15.0. The molecule has 0 aliphatic heterocycles. The lowest BCUT2D eigenvalue weighted by atomic mass is 10.2. The summed E-state index contributed by atoms with van der Waals surface area (Å²) >= 11 is 0. The molecule has 0 aliphatic carbocycles. The number of para-hydroxylation sites is 1. The number of carbonyl (C=O) groups is 3. The van der Waals surface area contributed by atoms with Crippen molar-refractivity contribution in [2.45, 2.75) is 6.92 Å². The Labute approximate surface area is 119 Å². The van der Waals surface area contributed by atoms with E-state index in [0.29, 0.717) is 6.54 Å². The third-order valence-electron chi connectivity index (χ3n) is 2.25. The molecule has 21 heavy (non-hydrogen) atoms. The Bertz CT molecular complexity index is 572. The highest BCUT2D eigenvalue weighted by Gasteiger charge is 2.21. The van der Waals surface area contributed by atoms with Gasteiger partial charge in [-0.15, -0.1) is 0 Å². The quantitative estimate of drug-likeness (QED) is 0.465. The highest BCUT2D eigenvalue weighted by molar-refractivity contribution is 5.98. The van der Waals surface area contributed by atoms with Crippen LogP contribution >= 0.6 is 0 Å². The minimum Gasteiger partial charge on any atom is -0.452 e. The van der Waals surface area contributed by atoms with Crippen LogP contribution in [0.5, 0.6) is 0 Å². The van der Waals surface area contributed by atoms with Gasteiger partial charge in [0.15, 0.2) is 6.61 Å². The van der Waals surface area contributed by atoms with E-state index < -0.39 is 35.1 Å². The third kappa shape index (κ3) is 4.90. The number of esters is 1. The number of hydrogen-bond acceptors (Lipinski definition) is 6. The molecule has 0 spiro atoms. The third-order valence-corrected chi connectivity index (χ3v) is 2.25. The summed E-state index contributed by atoms with van der Waals surface area (Å²) in [5.41, 5.74) is -0.694. The van der Waals surface area contributed by atoms with Gasteiger partial charge in [-0.05, 0) is 13.0 Å². The van der Waals surface area contributed by atoms with Gasteiger partial charge in [0, 0.05) is 12.6 Å². The Morgan fingerprint density at radius 1 is 1.29 bits per heavy atom. The second-order valence-electron chi connectivity index (χ2n) is 3.76. The molecule has 2 N–H and O–H groups in total. The molecule has 0 aliphatic rings. The average molecular weight is 295 g/mol. The first kappa shape index (κ1) is 16.1. The molecule has 0 unspecified atom stereocenters. The predicted octanol–water partition coefficient (Wildman–Crippen LogP) is 0.597. The molecule has 3 amide bonds. The first-order valence-electron chi connectivity index (χ1n) is 5.94. The molecule has 0 bridgehead atoms. The molecular weight excluding hydrogens is 282 g/mol. The molecule has 1 aromatic rings. The number of hydrogen-bond donors (Lipinski definition) is 2. The van der Waals surface area contributed by atoms with Gasteiger partial charge in [-0.25, -0.2) is 9.59 Å². The minimum absolute atomic E-state index is 0.270. The van der Waals surface area contributed by atoms with Crippen LogP contribution in [0.25, 0.3) is 0 Å². The van der Waals surface area contributed by atoms with Crippen LogP contribution in [0.4, 0.5) is 10.5 Å². The van der Waals surface area contributed by atoms with Gasteiger partial charge in [0.05, 0.1) is 4.92 Å². The number of benzene rings is 1. The van der Waals surface area contributed by atoms with Crippen LogP contribution in [0.1, 0.15) is 17.3 Å². The van der Waals surface area contributed by atoms with E-state index in [0.717, 1.165) is 6.07 Å². The molecule has 0 heterocycles. The number of nitrogens with one attached hydrogen (secondary N) is 2. The number of carbonyl (C=O) groups excluding carboxylic acids is 3. The summed E-state index contributed by atoms with van der Waals surface area (Å²) in [6.07, 6.45) is 0. The minimum atomic E-state index is -1.02. The zero-order chi connectivity index (χ0) is 15.8. The van der Waals surface area contributed by atoms with Crippen LogP contribution in [0.3, 0.4) is 0 Å². The lowest BCUT2D eigenvalue weighted by Crippen LogP contribution is -2.41. The maximum atomic E-state index is 11.7.